The fraction of sp³-hybridized carbons (Fsp3) is 0.400. The van der Waals surface area contributed by atoms with E-state index in [-0.39, 0.29) is 18.6 Å². The molecule has 4 nitrogen and oxygen atoms in total. The van der Waals surface area contributed by atoms with Crippen LogP contribution in [0.2, 0.25) is 0 Å². The van der Waals surface area contributed by atoms with E-state index in [1.54, 1.807) is 0 Å². The van der Waals surface area contributed by atoms with Gasteiger partial charge < -0.3 is 15.2 Å². The van der Waals surface area contributed by atoms with E-state index < -0.39 is 0 Å². The highest BCUT2D eigenvalue weighted by Gasteiger charge is 2.23. The molecular formula is C15H17NO3. The van der Waals surface area contributed by atoms with Crippen LogP contribution in [-0.4, -0.2) is 30.3 Å². The number of aliphatic hydroxyl groups is 1. The highest BCUT2D eigenvalue weighted by Crippen LogP contribution is 2.12. The maximum Gasteiger partial charge on any atom is 0.249 e. The first-order valence-corrected chi connectivity index (χ1v) is 6.38. The van der Waals surface area contributed by atoms with Gasteiger partial charge >= 0.3 is 0 Å². The van der Waals surface area contributed by atoms with E-state index in [4.69, 9.17) is 9.84 Å². The molecule has 0 saturated carbocycles. The Bertz CT molecular complexity index is 496. The Morgan fingerprint density at radius 3 is 3.05 bits per heavy atom. The van der Waals surface area contributed by atoms with Gasteiger partial charge in [-0.15, -0.1) is 0 Å². The molecule has 0 radical (unpaired) electrons. The van der Waals surface area contributed by atoms with Crippen LogP contribution in [0.3, 0.4) is 0 Å². The van der Waals surface area contributed by atoms with E-state index in [0.29, 0.717) is 13.2 Å². The first-order chi connectivity index (χ1) is 9.31. The van der Waals surface area contributed by atoms with Gasteiger partial charge in [0.05, 0.1) is 0 Å². The Labute approximate surface area is 112 Å². The van der Waals surface area contributed by atoms with Gasteiger partial charge in [0.2, 0.25) is 5.91 Å². The second-order valence-electron chi connectivity index (χ2n) is 4.34. The Morgan fingerprint density at radius 2 is 2.32 bits per heavy atom. The second-order valence-corrected chi connectivity index (χ2v) is 4.34. The number of amides is 1. The van der Waals surface area contributed by atoms with Gasteiger partial charge in [0.15, 0.2) is 0 Å². The van der Waals surface area contributed by atoms with Crippen LogP contribution in [0.4, 0.5) is 0 Å². The number of carbonyl (C=O) groups is 1. The molecule has 4 heteroatoms. The van der Waals surface area contributed by atoms with Crippen molar-refractivity contribution < 1.29 is 14.6 Å². The summed E-state index contributed by atoms with van der Waals surface area (Å²) in [7, 11) is 0. The molecule has 1 unspecified atom stereocenters. The summed E-state index contributed by atoms with van der Waals surface area (Å²) in [6.45, 7) is 0.919. The molecule has 100 valence electrons. The van der Waals surface area contributed by atoms with Gasteiger partial charge in [-0.1, -0.05) is 30.0 Å². The van der Waals surface area contributed by atoms with Gasteiger partial charge in [-0.25, -0.2) is 0 Å². The van der Waals surface area contributed by atoms with Crippen molar-refractivity contribution in [3.05, 3.63) is 35.4 Å². The average molecular weight is 259 g/mol. The molecule has 1 amide bonds. The number of hydrogen-bond donors (Lipinski definition) is 2. The van der Waals surface area contributed by atoms with Crippen molar-refractivity contribution in [3.8, 4) is 11.8 Å². The number of benzene rings is 1. The molecule has 0 aromatic heterocycles. The number of rotatable bonds is 3. The van der Waals surface area contributed by atoms with E-state index in [1.165, 1.54) is 0 Å². The molecule has 1 aliphatic heterocycles. The molecule has 0 spiro atoms. The Hall–Kier alpha value is -1.83. The smallest absolute Gasteiger partial charge is 0.249 e. The molecule has 1 atom stereocenters. The fourth-order valence-corrected chi connectivity index (χ4v) is 2.01. The first-order valence-electron chi connectivity index (χ1n) is 6.38. The van der Waals surface area contributed by atoms with Crippen LogP contribution in [0.5, 0.6) is 0 Å². The average Bonchev–Trinajstić information content (AvgIpc) is 2.97. The second kappa shape index (κ2) is 6.93. The lowest BCUT2D eigenvalue weighted by Gasteiger charge is -2.11. The van der Waals surface area contributed by atoms with Crippen molar-refractivity contribution in [1.82, 2.24) is 5.32 Å². The quantitative estimate of drug-likeness (QED) is 0.790. The SMILES string of the molecule is O=C(NCc1ccccc1C#CCO)C1CCCO1. The van der Waals surface area contributed by atoms with E-state index in [0.717, 1.165) is 24.0 Å². The standard InChI is InChI=1S/C15H17NO3/c17-9-3-7-12-5-1-2-6-13(12)11-16-15(18)14-8-4-10-19-14/h1-2,5-6,14,17H,4,8-11H2,(H,16,18). The van der Waals surface area contributed by atoms with Crippen LogP contribution < -0.4 is 5.32 Å². The fourth-order valence-electron chi connectivity index (χ4n) is 2.01. The summed E-state index contributed by atoms with van der Waals surface area (Å²) < 4.78 is 5.33. The lowest BCUT2D eigenvalue weighted by atomic mass is 10.1. The summed E-state index contributed by atoms with van der Waals surface area (Å²) in [5.41, 5.74) is 1.76. The highest BCUT2D eigenvalue weighted by molar-refractivity contribution is 5.81. The largest absolute Gasteiger partial charge is 0.384 e. The maximum absolute atomic E-state index is 11.8. The Morgan fingerprint density at radius 1 is 1.47 bits per heavy atom. The molecule has 2 rings (SSSR count). The zero-order valence-corrected chi connectivity index (χ0v) is 10.7. The third-order valence-corrected chi connectivity index (χ3v) is 2.99. The van der Waals surface area contributed by atoms with E-state index in [2.05, 4.69) is 17.2 Å². The highest BCUT2D eigenvalue weighted by atomic mass is 16.5. The molecule has 1 fully saturated rings. The number of hydrogen-bond acceptors (Lipinski definition) is 3. The molecule has 0 bridgehead atoms. The molecule has 1 saturated heterocycles. The van der Waals surface area contributed by atoms with Crippen LogP contribution in [0.1, 0.15) is 24.0 Å². The number of aliphatic hydroxyl groups excluding tert-OH is 1. The summed E-state index contributed by atoms with van der Waals surface area (Å²) >= 11 is 0. The monoisotopic (exact) mass is 259 g/mol. The molecule has 0 aliphatic carbocycles. The Kier molecular flexibility index (Phi) is 4.96. The van der Waals surface area contributed by atoms with Crippen LogP contribution in [-0.2, 0) is 16.1 Å². The van der Waals surface area contributed by atoms with Crippen molar-refractivity contribution in [2.45, 2.75) is 25.5 Å². The van der Waals surface area contributed by atoms with Gasteiger partial charge in [0.25, 0.3) is 0 Å². The van der Waals surface area contributed by atoms with E-state index in [1.807, 2.05) is 24.3 Å². The zero-order valence-electron chi connectivity index (χ0n) is 10.7. The number of ether oxygens (including phenoxy) is 1. The van der Waals surface area contributed by atoms with Crippen LogP contribution in [0, 0.1) is 11.8 Å². The van der Waals surface area contributed by atoms with Crippen molar-refractivity contribution in [2.75, 3.05) is 13.2 Å². The zero-order chi connectivity index (χ0) is 13.5. The van der Waals surface area contributed by atoms with Crippen molar-refractivity contribution in [1.29, 1.82) is 0 Å². The maximum atomic E-state index is 11.8. The molecule has 1 heterocycles. The van der Waals surface area contributed by atoms with Crippen molar-refractivity contribution in [2.24, 2.45) is 0 Å². The molecule has 1 aromatic rings. The minimum Gasteiger partial charge on any atom is -0.384 e. The minimum atomic E-state index is -0.310. The third kappa shape index (κ3) is 3.82. The normalized spacial score (nSPS) is 17.6. The summed E-state index contributed by atoms with van der Waals surface area (Å²) in [6.07, 6.45) is 1.42. The molecule has 1 aliphatic rings. The number of carbonyl (C=O) groups excluding carboxylic acids is 1. The van der Waals surface area contributed by atoms with Crippen molar-refractivity contribution in [3.63, 3.8) is 0 Å². The summed E-state index contributed by atoms with van der Waals surface area (Å²) in [5.74, 6) is 5.42. The van der Waals surface area contributed by atoms with E-state index in [9.17, 15) is 4.79 Å². The lowest BCUT2D eigenvalue weighted by Crippen LogP contribution is -2.33. The third-order valence-electron chi connectivity index (χ3n) is 2.99. The summed E-state index contributed by atoms with van der Waals surface area (Å²) in [5, 5.41) is 11.6. The molecule has 19 heavy (non-hydrogen) atoms. The topological polar surface area (TPSA) is 58.6 Å². The van der Waals surface area contributed by atoms with Crippen LogP contribution in [0.25, 0.3) is 0 Å². The van der Waals surface area contributed by atoms with Gasteiger partial charge in [0.1, 0.15) is 12.7 Å². The van der Waals surface area contributed by atoms with Gasteiger partial charge in [-0.05, 0) is 24.5 Å². The van der Waals surface area contributed by atoms with Crippen molar-refractivity contribution >= 4 is 5.91 Å². The summed E-state index contributed by atoms with van der Waals surface area (Å²) in [4.78, 5) is 11.8. The minimum absolute atomic E-state index is 0.0672. The van der Waals surface area contributed by atoms with Gasteiger partial charge in [-0.2, -0.15) is 0 Å². The predicted molar refractivity (Wildman–Crippen MR) is 71.2 cm³/mol. The van der Waals surface area contributed by atoms with Crippen LogP contribution in [0.15, 0.2) is 24.3 Å². The summed E-state index contributed by atoms with van der Waals surface area (Å²) in [6, 6.07) is 7.57. The first kappa shape index (κ1) is 13.6. The molecule has 2 N–H and O–H groups in total. The predicted octanol–water partition coefficient (Wildman–Crippen LogP) is 0.826. The van der Waals surface area contributed by atoms with Gasteiger partial charge in [-0.3, -0.25) is 4.79 Å². The van der Waals surface area contributed by atoms with E-state index >= 15 is 0 Å². The lowest BCUT2D eigenvalue weighted by molar-refractivity contribution is -0.130. The van der Waals surface area contributed by atoms with Gasteiger partial charge in [0, 0.05) is 18.7 Å². The number of nitrogens with one attached hydrogen (secondary N) is 1. The Balaban J connectivity index is 1.97. The van der Waals surface area contributed by atoms with Crippen LogP contribution >= 0.6 is 0 Å². The molecule has 1 aromatic carbocycles. The molecular weight excluding hydrogens is 242 g/mol.